The van der Waals surface area contributed by atoms with Crippen LogP contribution in [-0.2, 0) is 0 Å². The second-order valence-corrected chi connectivity index (χ2v) is 7.86. The molecule has 1 amide bonds. The lowest BCUT2D eigenvalue weighted by atomic mass is 10.0. The Morgan fingerprint density at radius 1 is 1.13 bits per heavy atom. The Kier molecular flexibility index (Phi) is 4.27. The summed E-state index contributed by atoms with van der Waals surface area (Å²) in [4.78, 5) is 19.6. The maximum atomic E-state index is 13.1. The SMILES string of the molecule is CC1(NC(=O)c2ccn(-c3ccc(F)cc3)n2)CCN(c2nccn3cccc23)C1. The van der Waals surface area contributed by atoms with Crippen molar-refractivity contribution in [1.29, 1.82) is 0 Å². The van der Waals surface area contributed by atoms with E-state index in [0.29, 0.717) is 17.9 Å². The molecular formula is C22H21FN6O. The Morgan fingerprint density at radius 3 is 2.80 bits per heavy atom. The van der Waals surface area contributed by atoms with E-state index in [0.717, 1.165) is 24.3 Å². The van der Waals surface area contributed by atoms with Gasteiger partial charge in [0.15, 0.2) is 11.5 Å². The fourth-order valence-electron chi connectivity index (χ4n) is 3.96. The van der Waals surface area contributed by atoms with Crippen molar-refractivity contribution in [1.82, 2.24) is 24.5 Å². The van der Waals surface area contributed by atoms with Crippen LogP contribution in [0.2, 0.25) is 0 Å². The van der Waals surface area contributed by atoms with Gasteiger partial charge in [0.2, 0.25) is 0 Å². The van der Waals surface area contributed by atoms with Gasteiger partial charge in [-0.3, -0.25) is 4.79 Å². The first-order chi connectivity index (χ1) is 14.5. The number of halogens is 1. The minimum Gasteiger partial charge on any atom is -0.352 e. The predicted octanol–water partition coefficient (Wildman–Crippen LogP) is 3.06. The number of amides is 1. The summed E-state index contributed by atoms with van der Waals surface area (Å²) in [6.45, 7) is 3.51. The van der Waals surface area contributed by atoms with Crippen LogP contribution < -0.4 is 10.2 Å². The number of aromatic nitrogens is 4. The predicted molar refractivity (Wildman–Crippen MR) is 111 cm³/mol. The van der Waals surface area contributed by atoms with E-state index in [9.17, 15) is 9.18 Å². The third-order valence-electron chi connectivity index (χ3n) is 5.53. The van der Waals surface area contributed by atoms with Gasteiger partial charge in [-0.15, -0.1) is 0 Å². The van der Waals surface area contributed by atoms with Crippen molar-refractivity contribution in [3.05, 3.63) is 78.8 Å². The second-order valence-electron chi connectivity index (χ2n) is 7.86. The van der Waals surface area contributed by atoms with Gasteiger partial charge in [-0.2, -0.15) is 5.10 Å². The van der Waals surface area contributed by atoms with E-state index in [2.05, 4.69) is 20.3 Å². The maximum absolute atomic E-state index is 13.1. The largest absolute Gasteiger partial charge is 0.352 e. The lowest BCUT2D eigenvalue weighted by Crippen LogP contribution is -2.48. The molecule has 152 valence electrons. The van der Waals surface area contributed by atoms with Gasteiger partial charge >= 0.3 is 0 Å². The van der Waals surface area contributed by atoms with Crippen LogP contribution in [0.25, 0.3) is 11.2 Å². The van der Waals surface area contributed by atoms with Gasteiger partial charge in [0.1, 0.15) is 5.82 Å². The third-order valence-corrected chi connectivity index (χ3v) is 5.53. The quantitative estimate of drug-likeness (QED) is 0.568. The third kappa shape index (κ3) is 3.30. The van der Waals surface area contributed by atoms with Crippen LogP contribution in [0, 0.1) is 5.82 Å². The number of hydrogen-bond acceptors (Lipinski definition) is 4. The van der Waals surface area contributed by atoms with Gasteiger partial charge in [-0.05, 0) is 55.8 Å². The van der Waals surface area contributed by atoms with Crippen LogP contribution in [-0.4, -0.2) is 43.7 Å². The monoisotopic (exact) mass is 404 g/mol. The fourth-order valence-corrected chi connectivity index (χ4v) is 3.96. The van der Waals surface area contributed by atoms with Gasteiger partial charge in [-0.1, -0.05) is 0 Å². The number of hydrogen-bond donors (Lipinski definition) is 1. The number of fused-ring (bicyclic) bond motifs is 1. The molecule has 1 atom stereocenters. The Labute approximate surface area is 172 Å². The highest BCUT2D eigenvalue weighted by atomic mass is 19.1. The molecule has 1 aromatic carbocycles. The minimum atomic E-state index is -0.391. The second kappa shape index (κ2) is 6.98. The van der Waals surface area contributed by atoms with Crippen molar-refractivity contribution in [2.75, 3.05) is 18.0 Å². The highest BCUT2D eigenvalue weighted by Crippen LogP contribution is 2.28. The van der Waals surface area contributed by atoms with Gasteiger partial charge in [0.25, 0.3) is 5.91 Å². The summed E-state index contributed by atoms with van der Waals surface area (Å²) in [7, 11) is 0. The molecule has 1 unspecified atom stereocenters. The molecule has 4 aromatic rings. The average molecular weight is 404 g/mol. The van der Waals surface area contributed by atoms with E-state index >= 15 is 0 Å². The first kappa shape index (κ1) is 18.4. The van der Waals surface area contributed by atoms with Crippen molar-refractivity contribution < 1.29 is 9.18 Å². The molecule has 5 rings (SSSR count). The van der Waals surface area contributed by atoms with Crippen molar-refractivity contribution in [3.8, 4) is 5.69 Å². The molecule has 1 N–H and O–H groups in total. The standard InChI is InChI=1S/C22H21FN6O/c1-22(9-13-28(15-22)20-19-3-2-11-27(19)14-10-24-20)25-21(30)18-8-12-29(26-18)17-6-4-16(23)5-7-17/h2-8,10-12,14H,9,13,15H2,1H3,(H,25,30). The van der Waals surface area contributed by atoms with E-state index in [-0.39, 0.29) is 11.7 Å². The van der Waals surface area contributed by atoms with E-state index in [4.69, 9.17) is 0 Å². The average Bonchev–Trinajstić information content (AvgIpc) is 3.48. The summed E-state index contributed by atoms with van der Waals surface area (Å²) in [5, 5.41) is 7.48. The number of anilines is 1. The molecule has 1 aliphatic rings. The normalized spacial score (nSPS) is 18.8. The van der Waals surface area contributed by atoms with E-state index < -0.39 is 5.54 Å². The van der Waals surface area contributed by atoms with Crippen LogP contribution >= 0.6 is 0 Å². The number of nitrogens with zero attached hydrogens (tertiary/aromatic N) is 5. The lowest BCUT2D eigenvalue weighted by molar-refractivity contribution is 0.0908. The maximum Gasteiger partial charge on any atom is 0.272 e. The summed E-state index contributed by atoms with van der Waals surface area (Å²) in [5.41, 5.74) is 1.68. The topological polar surface area (TPSA) is 67.5 Å². The Bertz CT molecular complexity index is 1210. The molecule has 0 spiro atoms. The Hall–Kier alpha value is -3.68. The van der Waals surface area contributed by atoms with Crippen molar-refractivity contribution in [3.63, 3.8) is 0 Å². The summed E-state index contributed by atoms with van der Waals surface area (Å²) < 4.78 is 16.7. The molecule has 0 aliphatic carbocycles. The summed E-state index contributed by atoms with van der Waals surface area (Å²) in [6.07, 6.45) is 8.21. The van der Waals surface area contributed by atoms with Crippen LogP contribution in [0.1, 0.15) is 23.8 Å². The van der Waals surface area contributed by atoms with Gasteiger partial charge in [0, 0.05) is 37.9 Å². The van der Waals surface area contributed by atoms with E-state index in [1.54, 1.807) is 35.3 Å². The molecule has 30 heavy (non-hydrogen) atoms. The molecule has 8 heteroatoms. The zero-order valence-electron chi connectivity index (χ0n) is 16.5. The Balaban J connectivity index is 1.30. The van der Waals surface area contributed by atoms with E-state index in [1.807, 2.05) is 35.9 Å². The first-order valence-electron chi connectivity index (χ1n) is 9.82. The van der Waals surface area contributed by atoms with Crippen LogP contribution in [0.3, 0.4) is 0 Å². The molecule has 4 heterocycles. The Morgan fingerprint density at radius 2 is 1.97 bits per heavy atom. The number of benzene rings is 1. The molecular weight excluding hydrogens is 383 g/mol. The highest BCUT2D eigenvalue weighted by Gasteiger charge is 2.36. The fraction of sp³-hybridized carbons (Fsp3) is 0.227. The molecule has 0 radical (unpaired) electrons. The zero-order chi connectivity index (χ0) is 20.7. The molecule has 1 saturated heterocycles. The highest BCUT2D eigenvalue weighted by molar-refractivity contribution is 5.92. The molecule has 3 aromatic heterocycles. The van der Waals surface area contributed by atoms with E-state index in [1.165, 1.54) is 12.1 Å². The van der Waals surface area contributed by atoms with Crippen LogP contribution in [0.4, 0.5) is 10.2 Å². The smallest absolute Gasteiger partial charge is 0.272 e. The molecule has 7 nitrogen and oxygen atoms in total. The van der Waals surface area contributed by atoms with Crippen molar-refractivity contribution >= 4 is 17.2 Å². The summed E-state index contributed by atoms with van der Waals surface area (Å²) >= 11 is 0. The van der Waals surface area contributed by atoms with Crippen LogP contribution in [0.15, 0.2) is 67.3 Å². The lowest BCUT2D eigenvalue weighted by Gasteiger charge is -2.26. The summed E-state index contributed by atoms with van der Waals surface area (Å²) in [5.74, 6) is 0.378. The molecule has 1 fully saturated rings. The van der Waals surface area contributed by atoms with Gasteiger partial charge in [-0.25, -0.2) is 14.1 Å². The minimum absolute atomic E-state index is 0.228. The van der Waals surface area contributed by atoms with Crippen molar-refractivity contribution in [2.45, 2.75) is 18.9 Å². The number of carbonyl (C=O) groups excluding carboxylic acids is 1. The summed E-state index contributed by atoms with van der Waals surface area (Å²) in [6, 6.07) is 11.7. The van der Waals surface area contributed by atoms with Crippen LogP contribution in [0.5, 0.6) is 0 Å². The number of rotatable bonds is 4. The number of nitrogens with one attached hydrogen (secondary N) is 1. The first-order valence-corrected chi connectivity index (χ1v) is 9.82. The molecule has 0 saturated carbocycles. The zero-order valence-corrected chi connectivity index (χ0v) is 16.5. The number of carbonyl (C=O) groups is 1. The van der Waals surface area contributed by atoms with Crippen molar-refractivity contribution in [2.24, 2.45) is 0 Å². The molecule has 1 aliphatic heterocycles. The van der Waals surface area contributed by atoms with Gasteiger partial charge < -0.3 is 14.6 Å². The van der Waals surface area contributed by atoms with Gasteiger partial charge in [0.05, 0.1) is 16.7 Å². The molecule has 0 bridgehead atoms.